The fourth-order valence-electron chi connectivity index (χ4n) is 2.14. The summed E-state index contributed by atoms with van der Waals surface area (Å²) in [5.74, 6) is -0.549. The molecule has 8 heteroatoms. The minimum Gasteiger partial charge on any atom is -0.493 e. The maximum Gasteiger partial charge on any atom is 0.315 e. The highest BCUT2D eigenvalue weighted by molar-refractivity contribution is 5.73. The lowest BCUT2D eigenvalue weighted by Crippen LogP contribution is -2.37. The number of hydrogen-bond donors (Lipinski definition) is 2. The second-order valence-electron chi connectivity index (χ2n) is 5.22. The Balaban J connectivity index is 1.71. The molecule has 0 aliphatic heterocycles. The van der Waals surface area contributed by atoms with Crippen LogP contribution in [0, 0.1) is 11.6 Å². The van der Waals surface area contributed by atoms with E-state index in [0.29, 0.717) is 18.0 Å². The molecule has 0 heterocycles. The zero-order chi connectivity index (χ0) is 18.9. The van der Waals surface area contributed by atoms with E-state index in [-0.39, 0.29) is 24.9 Å². The van der Waals surface area contributed by atoms with E-state index in [0.717, 1.165) is 17.7 Å². The monoisotopic (exact) mass is 366 g/mol. The van der Waals surface area contributed by atoms with Gasteiger partial charge in [0.1, 0.15) is 12.4 Å². The lowest BCUT2D eigenvalue weighted by Gasteiger charge is -2.11. The number of carbonyl (C=O) groups is 1. The fourth-order valence-corrected chi connectivity index (χ4v) is 2.14. The third-order valence-corrected chi connectivity index (χ3v) is 3.45. The van der Waals surface area contributed by atoms with Crippen LogP contribution >= 0.6 is 0 Å². The van der Waals surface area contributed by atoms with Crippen LogP contribution in [-0.2, 0) is 6.54 Å². The summed E-state index contributed by atoms with van der Waals surface area (Å²) < 4.78 is 41.4. The lowest BCUT2D eigenvalue weighted by molar-refractivity contribution is 0.236. The molecule has 0 bridgehead atoms. The second-order valence-corrected chi connectivity index (χ2v) is 5.22. The summed E-state index contributed by atoms with van der Waals surface area (Å²) in [6.07, 6.45) is 0. The molecule has 2 N–H and O–H groups in total. The minimum absolute atomic E-state index is 0.120. The van der Waals surface area contributed by atoms with Crippen LogP contribution in [0.2, 0.25) is 0 Å². The molecule has 0 aromatic heterocycles. The van der Waals surface area contributed by atoms with Crippen molar-refractivity contribution in [2.24, 2.45) is 0 Å². The Morgan fingerprint density at radius 3 is 2.42 bits per heavy atom. The van der Waals surface area contributed by atoms with Gasteiger partial charge in [0.05, 0.1) is 20.8 Å². The normalized spacial score (nSPS) is 10.2. The van der Waals surface area contributed by atoms with Gasteiger partial charge in [-0.15, -0.1) is 0 Å². The first kappa shape index (κ1) is 19.3. The van der Waals surface area contributed by atoms with E-state index in [1.165, 1.54) is 13.2 Å². The zero-order valence-corrected chi connectivity index (χ0v) is 14.5. The Kier molecular flexibility index (Phi) is 7.02. The van der Waals surface area contributed by atoms with Crippen molar-refractivity contribution in [1.29, 1.82) is 0 Å². The summed E-state index contributed by atoms with van der Waals surface area (Å²) in [6.45, 7) is 0.627. The largest absolute Gasteiger partial charge is 0.493 e. The molecule has 0 aliphatic rings. The predicted molar refractivity (Wildman–Crippen MR) is 91.6 cm³/mol. The number of benzene rings is 2. The molecule has 2 aromatic carbocycles. The van der Waals surface area contributed by atoms with E-state index in [9.17, 15) is 13.6 Å². The maximum absolute atomic E-state index is 13.0. The van der Waals surface area contributed by atoms with E-state index >= 15 is 0 Å². The molecule has 0 aliphatic carbocycles. The topological polar surface area (TPSA) is 68.8 Å². The van der Waals surface area contributed by atoms with Crippen LogP contribution in [0.4, 0.5) is 13.6 Å². The van der Waals surface area contributed by atoms with Crippen LogP contribution in [0.5, 0.6) is 17.2 Å². The van der Waals surface area contributed by atoms with Gasteiger partial charge in [-0.05, 0) is 29.8 Å². The summed E-state index contributed by atoms with van der Waals surface area (Å²) >= 11 is 0. The van der Waals surface area contributed by atoms with Crippen molar-refractivity contribution in [3.63, 3.8) is 0 Å². The van der Waals surface area contributed by atoms with E-state index < -0.39 is 11.6 Å². The van der Waals surface area contributed by atoms with Gasteiger partial charge in [0.25, 0.3) is 0 Å². The number of nitrogens with one attached hydrogen (secondary N) is 2. The van der Waals surface area contributed by atoms with Crippen molar-refractivity contribution in [2.75, 3.05) is 27.4 Å². The molecular formula is C18H20F2N2O4. The third-order valence-electron chi connectivity index (χ3n) is 3.45. The smallest absolute Gasteiger partial charge is 0.315 e. The predicted octanol–water partition coefficient (Wildman–Crippen LogP) is 2.86. The average molecular weight is 366 g/mol. The molecule has 0 unspecified atom stereocenters. The molecule has 2 aromatic rings. The van der Waals surface area contributed by atoms with Crippen molar-refractivity contribution in [2.45, 2.75) is 6.54 Å². The van der Waals surface area contributed by atoms with Crippen LogP contribution in [0.1, 0.15) is 5.56 Å². The molecule has 140 valence electrons. The van der Waals surface area contributed by atoms with Crippen molar-refractivity contribution in [3.8, 4) is 17.2 Å². The number of urea groups is 1. The summed E-state index contributed by atoms with van der Waals surface area (Å²) in [4.78, 5) is 11.8. The highest BCUT2D eigenvalue weighted by Gasteiger charge is 2.06. The quantitative estimate of drug-likeness (QED) is 0.705. The van der Waals surface area contributed by atoms with Gasteiger partial charge in [0, 0.05) is 12.6 Å². The van der Waals surface area contributed by atoms with Crippen molar-refractivity contribution >= 4 is 6.03 Å². The molecule has 6 nitrogen and oxygen atoms in total. The fraction of sp³-hybridized carbons (Fsp3) is 0.278. The number of halogens is 2. The Hall–Kier alpha value is -3.03. The highest BCUT2D eigenvalue weighted by Crippen LogP contribution is 2.27. The number of rotatable bonds is 8. The van der Waals surface area contributed by atoms with Crippen molar-refractivity contribution < 1.29 is 27.8 Å². The van der Waals surface area contributed by atoms with Crippen LogP contribution in [0.15, 0.2) is 36.4 Å². The van der Waals surface area contributed by atoms with Crippen LogP contribution in [0.25, 0.3) is 0 Å². The molecule has 2 amide bonds. The number of amides is 2. The third kappa shape index (κ3) is 5.51. The van der Waals surface area contributed by atoms with Crippen molar-refractivity contribution in [1.82, 2.24) is 10.6 Å². The Morgan fingerprint density at radius 2 is 1.73 bits per heavy atom. The summed E-state index contributed by atoms with van der Waals surface area (Å²) in [7, 11) is 3.08. The molecular weight excluding hydrogens is 346 g/mol. The molecule has 0 saturated heterocycles. The summed E-state index contributed by atoms with van der Waals surface area (Å²) in [5, 5.41) is 5.29. The van der Waals surface area contributed by atoms with E-state index in [1.54, 1.807) is 19.2 Å². The highest BCUT2D eigenvalue weighted by atomic mass is 19.2. The van der Waals surface area contributed by atoms with Gasteiger partial charge < -0.3 is 24.8 Å². The number of methoxy groups -OCH3 is 2. The lowest BCUT2D eigenvalue weighted by atomic mass is 10.2. The molecule has 0 fully saturated rings. The van der Waals surface area contributed by atoms with Gasteiger partial charge in [-0.3, -0.25) is 0 Å². The van der Waals surface area contributed by atoms with Gasteiger partial charge >= 0.3 is 6.03 Å². The van der Waals surface area contributed by atoms with Crippen LogP contribution in [-0.4, -0.2) is 33.4 Å². The maximum atomic E-state index is 13.0. The molecule has 2 rings (SSSR count). The zero-order valence-electron chi connectivity index (χ0n) is 14.5. The second kappa shape index (κ2) is 9.45. The number of ether oxygens (including phenoxy) is 3. The molecule has 0 saturated carbocycles. The first-order valence-corrected chi connectivity index (χ1v) is 7.84. The molecule has 0 spiro atoms. The summed E-state index contributed by atoms with van der Waals surface area (Å²) in [6, 6.07) is 8.20. The SMILES string of the molecule is COc1ccc(CNC(=O)NCCOc2ccc(F)c(F)c2)cc1OC. The Bertz CT molecular complexity index is 756. The van der Waals surface area contributed by atoms with Crippen LogP contribution in [0.3, 0.4) is 0 Å². The molecule has 26 heavy (non-hydrogen) atoms. The first-order valence-electron chi connectivity index (χ1n) is 7.84. The van der Waals surface area contributed by atoms with E-state index in [4.69, 9.17) is 14.2 Å². The Labute approximate surface area is 150 Å². The number of hydrogen-bond acceptors (Lipinski definition) is 4. The van der Waals surface area contributed by atoms with E-state index in [1.807, 2.05) is 6.07 Å². The summed E-state index contributed by atoms with van der Waals surface area (Å²) in [5.41, 5.74) is 0.843. The minimum atomic E-state index is -0.983. The average Bonchev–Trinajstić information content (AvgIpc) is 2.66. The van der Waals surface area contributed by atoms with Crippen LogP contribution < -0.4 is 24.8 Å². The van der Waals surface area contributed by atoms with Gasteiger partial charge in [0.2, 0.25) is 0 Å². The number of carbonyl (C=O) groups excluding carboxylic acids is 1. The van der Waals surface area contributed by atoms with Crippen molar-refractivity contribution in [3.05, 3.63) is 53.6 Å². The van der Waals surface area contributed by atoms with Gasteiger partial charge in [-0.1, -0.05) is 6.07 Å². The Morgan fingerprint density at radius 1 is 0.962 bits per heavy atom. The molecule has 0 atom stereocenters. The van der Waals surface area contributed by atoms with Gasteiger partial charge in [-0.25, -0.2) is 13.6 Å². The standard InChI is InChI=1S/C18H20F2N2O4/c1-24-16-6-3-12(9-17(16)25-2)11-22-18(23)21-7-8-26-13-4-5-14(19)15(20)10-13/h3-6,9-10H,7-8,11H2,1-2H3,(H2,21,22,23). The van der Waals surface area contributed by atoms with Gasteiger partial charge in [-0.2, -0.15) is 0 Å². The van der Waals surface area contributed by atoms with Gasteiger partial charge in [0.15, 0.2) is 23.1 Å². The first-order chi connectivity index (χ1) is 12.5. The van der Waals surface area contributed by atoms with E-state index in [2.05, 4.69) is 10.6 Å². The molecule has 0 radical (unpaired) electrons.